The lowest BCUT2D eigenvalue weighted by atomic mass is 10.0. The summed E-state index contributed by atoms with van der Waals surface area (Å²) in [4.78, 5) is 14.6. The summed E-state index contributed by atoms with van der Waals surface area (Å²) in [6.45, 7) is 7.23. The van der Waals surface area contributed by atoms with E-state index < -0.39 is 0 Å². The topological polar surface area (TPSA) is 50.8 Å². The Kier molecular flexibility index (Phi) is 7.01. The van der Waals surface area contributed by atoms with E-state index in [4.69, 9.17) is 9.47 Å². The monoisotopic (exact) mass is 386 g/mol. The van der Waals surface area contributed by atoms with Gasteiger partial charge in [0, 0.05) is 19.6 Å². The Balaban J connectivity index is 1.59. The summed E-state index contributed by atoms with van der Waals surface area (Å²) in [6.07, 6.45) is 0. The number of benzene rings is 2. The zero-order chi connectivity index (χ0) is 19.9. The Labute approximate surface area is 165 Å². The molecule has 0 saturated carbocycles. The fraction of sp³-hybridized carbons (Fsp3) is 0.409. The molecular formula is C22H27FN2O3. The smallest absolute Gasteiger partial charge is 0.258 e. The predicted molar refractivity (Wildman–Crippen MR) is 106 cm³/mol. The van der Waals surface area contributed by atoms with Crippen molar-refractivity contribution < 1.29 is 18.7 Å². The second-order valence-corrected chi connectivity index (χ2v) is 7.08. The number of carbonyl (C=O) groups is 1. The Hall–Kier alpha value is -2.44. The number of carbonyl (C=O) groups excluding carboxylic acids is 1. The van der Waals surface area contributed by atoms with Crippen LogP contribution in [0.4, 0.5) is 4.39 Å². The molecule has 2 aromatic carbocycles. The van der Waals surface area contributed by atoms with Gasteiger partial charge in [-0.1, -0.05) is 29.8 Å². The van der Waals surface area contributed by atoms with Crippen molar-refractivity contribution >= 4 is 5.91 Å². The predicted octanol–water partition coefficient (Wildman–Crippen LogP) is 3.01. The van der Waals surface area contributed by atoms with Crippen LogP contribution in [-0.2, 0) is 9.53 Å². The number of nitrogens with zero attached hydrogens (tertiary/aromatic N) is 1. The number of amides is 1. The molecule has 0 spiro atoms. The molecule has 0 bridgehead atoms. The van der Waals surface area contributed by atoms with Crippen LogP contribution in [-0.4, -0.2) is 50.3 Å². The summed E-state index contributed by atoms with van der Waals surface area (Å²) in [5.74, 6) is 0.264. The van der Waals surface area contributed by atoms with Crippen LogP contribution >= 0.6 is 0 Å². The first-order chi connectivity index (χ1) is 13.5. The van der Waals surface area contributed by atoms with E-state index >= 15 is 0 Å². The lowest BCUT2D eigenvalue weighted by molar-refractivity contribution is -0.123. The maximum absolute atomic E-state index is 13.3. The minimum atomic E-state index is -0.268. The lowest BCUT2D eigenvalue weighted by Gasteiger charge is -2.35. The first kappa shape index (κ1) is 20.3. The summed E-state index contributed by atoms with van der Waals surface area (Å²) in [5, 5.41) is 2.95. The summed E-state index contributed by atoms with van der Waals surface area (Å²) in [6, 6.07) is 12.3. The fourth-order valence-electron chi connectivity index (χ4n) is 3.40. The van der Waals surface area contributed by atoms with Crippen LogP contribution in [0.3, 0.4) is 0 Å². The highest BCUT2D eigenvalue weighted by Gasteiger charge is 2.23. The number of morpholine rings is 1. The Morgan fingerprint density at radius 2 is 1.89 bits per heavy atom. The van der Waals surface area contributed by atoms with Crippen molar-refractivity contribution in [3.63, 3.8) is 0 Å². The molecule has 1 saturated heterocycles. The molecule has 3 rings (SSSR count). The quantitative estimate of drug-likeness (QED) is 0.795. The van der Waals surface area contributed by atoms with E-state index in [1.807, 2.05) is 32.0 Å². The van der Waals surface area contributed by atoms with Crippen LogP contribution in [0, 0.1) is 19.7 Å². The summed E-state index contributed by atoms with van der Waals surface area (Å²) < 4.78 is 24.4. The first-order valence-corrected chi connectivity index (χ1v) is 9.57. The van der Waals surface area contributed by atoms with Crippen LogP contribution < -0.4 is 10.1 Å². The zero-order valence-electron chi connectivity index (χ0n) is 16.4. The molecular weight excluding hydrogens is 359 g/mol. The third kappa shape index (κ3) is 5.53. The highest BCUT2D eigenvalue weighted by molar-refractivity contribution is 5.77. The third-order valence-electron chi connectivity index (χ3n) is 4.92. The van der Waals surface area contributed by atoms with Crippen molar-refractivity contribution in [2.75, 3.05) is 39.5 Å². The van der Waals surface area contributed by atoms with Crippen molar-refractivity contribution in [3.8, 4) is 5.75 Å². The van der Waals surface area contributed by atoms with Gasteiger partial charge in [-0.25, -0.2) is 4.39 Å². The van der Waals surface area contributed by atoms with Gasteiger partial charge in [0.25, 0.3) is 5.91 Å². The standard InChI is InChI=1S/C22H27FN2O3/c1-16-3-8-21(17(2)13-16)28-15-22(26)24-14-20(25-9-11-27-12-10-25)18-4-6-19(23)7-5-18/h3-8,13,20H,9-12,14-15H2,1-2H3,(H,24,26). The molecule has 1 amide bonds. The average Bonchev–Trinajstić information content (AvgIpc) is 2.69. The van der Waals surface area contributed by atoms with Gasteiger partial charge in [0.05, 0.1) is 19.3 Å². The van der Waals surface area contributed by atoms with Gasteiger partial charge in [0.15, 0.2) is 6.61 Å². The van der Waals surface area contributed by atoms with Crippen molar-refractivity contribution in [2.24, 2.45) is 0 Å². The van der Waals surface area contributed by atoms with Gasteiger partial charge in [-0.3, -0.25) is 9.69 Å². The van der Waals surface area contributed by atoms with Crippen LogP contribution in [0.2, 0.25) is 0 Å². The molecule has 1 aliphatic rings. The number of hydrogen-bond donors (Lipinski definition) is 1. The van der Waals surface area contributed by atoms with Crippen LogP contribution in [0.1, 0.15) is 22.7 Å². The molecule has 5 nitrogen and oxygen atoms in total. The number of nitrogens with one attached hydrogen (secondary N) is 1. The van der Waals surface area contributed by atoms with Crippen molar-refractivity contribution in [3.05, 3.63) is 65.0 Å². The molecule has 150 valence electrons. The van der Waals surface area contributed by atoms with Crippen LogP contribution in [0.15, 0.2) is 42.5 Å². The maximum Gasteiger partial charge on any atom is 0.258 e. The van der Waals surface area contributed by atoms with E-state index in [1.165, 1.54) is 12.1 Å². The minimum absolute atomic E-state index is 0.0328. The Morgan fingerprint density at radius 3 is 2.57 bits per heavy atom. The SMILES string of the molecule is Cc1ccc(OCC(=O)NCC(c2ccc(F)cc2)N2CCOCC2)c(C)c1. The normalized spacial score (nSPS) is 15.8. The van der Waals surface area contributed by atoms with Gasteiger partial charge in [-0.15, -0.1) is 0 Å². The van der Waals surface area contributed by atoms with E-state index in [2.05, 4.69) is 10.2 Å². The van der Waals surface area contributed by atoms with Gasteiger partial charge in [0.2, 0.25) is 0 Å². The highest BCUT2D eigenvalue weighted by atomic mass is 19.1. The van der Waals surface area contributed by atoms with Crippen molar-refractivity contribution in [2.45, 2.75) is 19.9 Å². The number of ether oxygens (including phenoxy) is 2. The summed E-state index contributed by atoms with van der Waals surface area (Å²) in [5.41, 5.74) is 3.13. The van der Waals surface area contributed by atoms with Crippen LogP contribution in [0.5, 0.6) is 5.75 Å². The van der Waals surface area contributed by atoms with Gasteiger partial charge in [-0.2, -0.15) is 0 Å². The molecule has 1 aliphatic heterocycles. The molecule has 1 fully saturated rings. The first-order valence-electron chi connectivity index (χ1n) is 9.57. The highest BCUT2D eigenvalue weighted by Crippen LogP contribution is 2.22. The Bertz CT molecular complexity index is 789. The van der Waals surface area contributed by atoms with Crippen molar-refractivity contribution in [1.29, 1.82) is 0 Å². The third-order valence-corrected chi connectivity index (χ3v) is 4.92. The van der Waals surface area contributed by atoms with E-state index in [9.17, 15) is 9.18 Å². The van der Waals surface area contributed by atoms with Gasteiger partial charge in [-0.05, 0) is 43.2 Å². The Morgan fingerprint density at radius 1 is 1.18 bits per heavy atom. The second-order valence-electron chi connectivity index (χ2n) is 7.08. The molecule has 1 unspecified atom stereocenters. The number of hydrogen-bond acceptors (Lipinski definition) is 4. The number of aryl methyl sites for hydroxylation is 2. The fourth-order valence-corrected chi connectivity index (χ4v) is 3.40. The average molecular weight is 386 g/mol. The second kappa shape index (κ2) is 9.66. The van der Waals surface area contributed by atoms with Crippen LogP contribution in [0.25, 0.3) is 0 Å². The molecule has 1 atom stereocenters. The molecule has 2 aromatic rings. The molecule has 28 heavy (non-hydrogen) atoms. The van der Waals surface area contributed by atoms with Gasteiger partial charge < -0.3 is 14.8 Å². The molecule has 6 heteroatoms. The van der Waals surface area contributed by atoms with Gasteiger partial charge >= 0.3 is 0 Å². The van der Waals surface area contributed by atoms with Crippen molar-refractivity contribution in [1.82, 2.24) is 10.2 Å². The summed E-state index contributed by atoms with van der Waals surface area (Å²) in [7, 11) is 0. The number of rotatable bonds is 7. The largest absolute Gasteiger partial charge is 0.484 e. The summed E-state index contributed by atoms with van der Waals surface area (Å²) >= 11 is 0. The van der Waals surface area contributed by atoms with E-state index in [0.29, 0.717) is 25.5 Å². The minimum Gasteiger partial charge on any atom is -0.484 e. The number of halogens is 1. The zero-order valence-corrected chi connectivity index (χ0v) is 16.4. The van der Waals surface area contributed by atoms with Gasteiger partial charge in [0.1, 0.15) is 11.6 Å². The van der Waals surface area contributed by atoms with E-state index in [0.717, 1.165) is 29.8 Å². The molecule has 0 aliphatic carbocycles. The van der Waals surface area contributed by atoms with E-state index in [-0.39, 0.29) is 24.4 Å². The molecule has 1 heterocycles. The maximum atomic E-state index is 13.3. The van der Waals surface area contributed by atoms with E-state index in [1.54, 1.807) is 12.1 Å². The molecule has 0 aromatic heterocycles. The molecule has 1 N–H and O–H groups in total. The molecule has 0 radical (unpaired) electrons. The lowest BCUT2D eigenvalue weighted by Crippen LogP contribution is -2.44.